The summed E-state index contributed by atoms with van der Waals surface area (Å²) < 4.78 is 5.43. The SMILES string of the molecule is CCC(Cc1ccc(SC)cc1)N1CCOCC1. The van der Waals surface area contributed by atoms with Gasteiger partial charge in [-0.2, -0.15) is 0 Å². The van der Waals surface area contributed by atoms with Crippen LogP contribution < -0.4 is 0 Å². The summed E-state index contributed by atoms with van der Waals surface area (Å²) in [5.74, 6) is 0. The molecule has 1 unspecified atom stereocenters. The van der Waals surface area contributed by atoms with Gasteiger partial charge in [0, 0.05) is 24.0 Å². The Morgan fingerprint density at radius 2 is 1.89 bits per heavy atom. The third-order valence-corrected chi connectivity index (χ3v) is 4.41. The molecular weight excluding hydrogens is 242 g/mol. The molecule has 100 valence electrons. The molecule has 0 N–H and O–H groups in total. The molecule has 0 saturated carbocycles. The van der Waals surface area contributed by atoms with Crippen LogP contribution in [0.1, 0.15) is 18.9 Å². The fourth-order valence-corrected chi connectivity index (χ4v) is 2.92. The summed E-state index contributed by atoms with van der Waals surface area (Å²) >= 11 is 1.80. The number of rotatable bonds is 5. The monoisotopic (exact) mass is 265 g/mol. The molecule has 3 heteroatoms. The van der Waals surface area contributed by atoms with Gasteiger partial charge in [0.05, 0.1) is 13.2 Å². The molecule has 1 aromatic rings. The molecule has 2 rings (SSSR count). The van der Waals surface area contributed by atoms with Gasteiger partial charge in [0.1, 0.15) is 0 Å². The van der Waals surface area contributed by atoms with E-state index in [4.69, 9.17) is 4.74 Å². The number of ether oxygens (including phenoxy) is 1. The summed E-state index contributed by atoms with van der Waals surface area (Å²) in [6.07, 6.45) is 4.49. The lowest BCUT2D eigenvalue weighted by molar-refractivity contribution is 0.0158. The fraction of sp³-hybridized carbons (Fsp3) is 0.600. The standard InChI is InChI=1S/C15H23NOS/c1-3-14(16-8-10-17-11-9-16)12-13-4-6-15(18-2)7-5-13/h4-7,14H,3,8-12H2,1-2H3. The molecule has 1 heterocycles. The lowest BCUT2D eigenvalue weighted by Crippen LogP contribution is -2.44. The maximum atomic E-state index is 5.43. The van der Waals surface area contributed by atoms with Gasteiger partial charge in [-0.05, 0) is 36.8 Å². The zero-order valence-corrected chi connectivity index (χ0v) is 12.2. The second-order valence-corrected chi connectivity index (χ2v) is 5.64. The maximum Gasteiger partial charge on any atom is 0.0594 e. The summed E-state index contributed by atoms with van der Waals surface area (Å²) in [7, 11) is 0. The van der Waals surface area contributed by atoms with Crippen LogP contribution in [0.2, 0.25) is 0 Å². The summed E-state index contributed by atoms with van der Waals surface area (Å²) in [6, 6.07) is 9.66. The van der Waals surface area contributed by atoms with Gasteiger partial charge in [0.15, 0.2) is 0 Å². The first kappa shape index (κ1) is 13.9. The van der Waals surface area contributed by atoms with Crippen LogP contribution in [0, 0.1) is 0 Å². The van der Waals surface area contributed by atoms with E-state index in [1.165, 1.54) is 16.9 Å². The molecule has 1 aromatic carbocycles. The van der Waals surface area contributed by atoms with E-state index < -0.39 is 0 Å². The van der Waals surface area contributed by atoms with Crippen LogP contribution in [0.4, 0.5) is 0 Å². The van der Waals surface area contributed by atoms with Crippen LogP contribution >= 0.6 is 11.8 Å². The van der Waals surface area contributed by atoms with Crippen molar-refractivity contribution in [3.8, 4) is 0 Å². The predicted octanol–water partition coefficient (Wildman–Crippen LogP) is 3.06. The van der Waals surface area contributed by atoms with Gasteiger partial charge in [-0.25, -0.2) is 0 Å². The van der Waals surface area contributed by atoms with Crippen molar-refractivity contribution >= 4 is 11.8 Å². The first-order chi connectivity index (χ1) is 8.83. The molecule has 1 atom stereocenters. The normalized spacial score (nSPS) is 18.8. The molecule has 0 radical (unpaired) electrons. The number of hydrogen-bond donors (Lipinski definition) is 0. The average Bonchev–Trinajstić information content (AvgIpc) is 2.46. The molecule has 1 aliphatic heterocycles. The van der Waals surface area contributed by atoms with E-state index in [-0.39, 0.29) is 0 Å². The second-order valence-electron chi connectivity index (χ2n) is 4.76. The van der Waals surface area contributed by atoms with Gasteiger partial charge in [-0.15, -0.1) is 11.8 Å². The molecule has 2 nitrogen and oxygen atoms in total. The lowest BCUT2D eigenvalue weighted by atomic mass is 10.0. The number of hydrogen-bond acceptors (Lipinski definition) is 3. The fourth-order valence-electron chi connectivity index (χ4n) is 2.51. The van der Waals surface area contributed by atoms with Crippen molar-refractivity contribution in [3.63, 3.8) is 0 Å². The third-order valence-electron chi connectivity index (χ3n) is 3.66. The zero-order chi connectivity index (χ0) is 12.8. The van der Waals surface area contributed by atoms with E-state index in [0.717, 1.165) is 32.7 Å². The Morgan fingerprint density at radius 3 is 2.44 bits per heavy atom. The van der Waals surface area contributed by atoms with Crippen LogP contribution in [-0.2, 0) is 11.2 Å². The highest BCUT2D eigenvalue weighted by atomic mass is 32.2. The van der Waals surface area contributed by atoms with Gasteiger partial charge in [-0.3, -0.25) is 4.90 Å². The lowest BCUT2D eigenvalue weighted by Gasteiger charge is -2.34. The van der Waals surface area contributed by atoms with Crippen molar-refractivity contribution in [1.82, 2.24) is 4.90 Å². The molecular formula is C15H23NOS. The number of benzene rings is 1. The molecule has 0 bridgehead atoms. The summed E-state index contributed by atoms with van der Waals surface area (Å²) in [5.41, 5.74) is 1.45. The summed E-state index contributed by atoms with van der Waals surface area (Å²) in [5, 5.41) is 0. The first-order valence-electron chi connectivity index (χ1n) is 6.78. The number of morpholine rings is 1. The Morgan fingerprint density at radius 1 is 1.22 bits per heavy atom. The van der Waals surface area contributed by atoms with Crippen LogP contribution in [0.5, 0.6) is 0 Å². The van der Waals surface area contributed by atoms with E-state index in [9.17, 15) is 0 Å². The number of thioether (sulfide) groups is 1. The molecule has 1 aliphatic rings. The minimum absolute atomic E-state index is 0.661. The van der Waals surface area contributed by atoms with Gasteiger partial charge >= 0.3 is 0 Å². The van der Waals surface area contributed by atoms with Crippen molar-refractivity contribution in [2.75, 3.05) is 32.6 Å². The number of nitrogens with zero attached hydrogens (tertiary/aromatic N) is 1. The summed E-state index contributed by atoms with van der Waals surface area (Å²) in [4.78, 5) is 3.92. The van der Waals surface area contributed by atoms with Crippen molar-refractivity contribution < 1.29 is 4.74 Å². The third kappa shape index (κ3) is 3.74. The van der Waals surface area contributed by atoms with Gasteiger partial charge in [0.25, 0.3) is 0 Å². The Hall–Kier alpha value is -0.510. The quantitative estimate of drug-likeness (QED) is 0.759. The average molecular weight is 265 g/mol. The molecule has 0 spiro atoms. The summed E-state index contributed by atoms with van der Waals surface area (Å²) in [6.45, 7) is 6.24. The van der Waals surface area contributed by atoms with Crippen LogP contribution in [0.25, 0.3) is 0 Å². The van der Waals surface area contributed by atoms with Gasteiger partial charge in [-0.1, -0.05) is 19.1 Å². The molecule has 1 fully saturated rings. The zero-order valence-electron chi connectivity index (χ0n) is 11.4. The Bertz CT molecular complexity index is 346. The predicted molar refractivity (Wildman–Crippen MR) is 78.4 cm³/mol. The topological polar surface area (TPSA) is 12.5 Å². The molecule has 1 saturated heterocycles. The van der Waals surface area contributed by atoms with Gasteiger partial charge in [0.2, 0.25) is 0 Å². The van der Waals surface area contributed by atoms with Crippen LogP contribution in [-0.4, -0.2) is 43.5 Å². The Kier molecular flexibility index (Phi) is 5.54. The van der Waals surface area contributed by atoms with Crippen molar-refractivity contribution in [3.05, 3.63) is 29.8 Å². The minimum Gasteiger partial charge on any atom is -0.379 e. The van der Waals surface area contributed by atoms with E-state index in [2.05, 4.69) is 42.3 Å². The highest BCUT2D eigenvalue weighted by molar-refractivity contribution is 7.98. The maximum absolute atomic E-state index is 5.43. The van der Waals surface area contributed by atoms with Crippen LogP contribution in [0.3, 0.4) is 0 Å². The van der Waals surface area contributed by atoms with Crippen molar-refractivity contribution in [2.24, 2.45) is 0 Å². The second kappa shape index (κ2) is 7.17. The largest absolute Gasteiger partial charge is 0.379 e. The van der Waals surface area contributed by atoms with Crippen LogP contribution in [0.15, 0.2) is 29.2 Å². The van der Waals surface area contributed by atoms with Gasteiger partial charge < -0.3 is 4.74 Å². The van der Waals surface area contributed by atoms with E-state index >= 15 is 0 Å². The Labute approximate surface area is 115 Å². The molecule has 0 amide bonds. The van der Waals surface area contributed by atoms with Crippen molar-refractivity contribution in [2.45, 2.75) is 30.7 Å². The molecule has 18 heavy (non-hydrogen) atoms. The Balaban J connectivity index is 1.95. The molecule has 0 aliphatic carbocycles. The minimum atomic E-state index is 0.661. The smallest absolute Gasteiger partial charge is 0.0594 e. The van der Waals surface area contributed by atoms with E-state index in [1.54, 1.807) is 11.8 Å². The highest BCUT2D eigenvalue weighted by Crippen LogP contribution is 2.18. The van der Waals surface area contributed by atoms with E-state index in [1.807, 2.05) is 0 Å². The first-order valence-corrected chi connectivity index (χ1v) is 8.00. The highest BCUT2D eigenvalue weighted by Gasteiger charge is 2.19. The van der Waals surface area contributed by atoms with Crippen molar-refractivity contribution in [1.29, 1.82) is 0 Å². The van der Waals surface area contributed by atoms with E-state index in [0.29, 0.717) is 6.04 Å². The molecule has 0 aromatic heterocycles.